The summed E-state index contributed by atoms with van der Waals surface area (Å²) in [5.74, 6) is 0.0712. The number of nitrogens with one attached hydrogen (secondary N) is 1. The molecule has 3 aromatic heterocycles. The van der Waals surface area contributed by atoms with E-state index in [1.54, 1.807) is 41.4 Å². The van der Waals surface area contributed by atoms with Gasteiger partial charge in [-0.25, -0.2) is 9.97 Å². The molecule has 0 radical (unpaired) electrons. The van der Waals surface area contributed by atoms with E-state index in [0.717, 1.165) is 24.4 Å². The van der Waals surface area contributed by atoms with E-state index in [4.69, 9.17) is 0 Å². The second kappa shape index (κ2) is 8.03. The summed E-state index contributed by atoms with van der Waals surface area (Å²) in [7, 11) is 0. The Morgan fingerprint density at radius 3 is 2.96 bits per heavy atom. The third-order valence-corrected chi connectivity index (χ3v) is 5.24. The largest absolute Gasteiger partial charge is 0.346 e. The van der Waals surface area contributed by atoms with Crippen LogP contribution in [0.1, 0.15) is 28.8 Å². The molecule has 5 nitrogen and oxygen atoms in total. The molecule has 1 N–H and O–H groups in total. The average molecular weight is 346 g/mol. The van der Waals surface area contributed by atoms with Crippen molar-refractivity contribution in [2.45, 2.75) is 31.8 Å². The van der Waals surface area contributed by atoms with E-state index in [2.05, 4.69) is 26.7 Å². The van der Waals surface area contributed by atoms with Crippen molar-refractivity contribution >= 4 is 28.6 Å². The van der Waals surface area contributed by atoms with Crippen molar-refractivity contribution in [3.63, 3.8) is 0 Å². The van der Waals surface area contributed by atoms with Crippen LogP contribution in [0, 0.1) is 0 Å². The smallest absolute Gasteiger partial charge is 0.220 e. The number of hydrogen-bond donors (Lipinski definition) is 1. The Morgan fingerprint density at radius 1 is 1.30 bits per heavy atom. The number of carbonyl (C=O) groups is 1. The fourth-order valence-electron chi connectivity index (χ4n) is 2.34. The van der Waals surface area contributed by atoms with Crippen molar-refractivity contribution in [1.29, 1.82) is 0 Å². The Bertz CT molecular complexity index is 693. The number of nitrogens with zero attached hydrogens (tertiary/aromatic N) is 3. The van der Waals surface area contributed by atoms with E-state index in [0.29, 0.717) is 6.42 Å². The predicted octanol–water partition coefficient (Wildman–Crippen LogP) is 3.28. The minimum absolute atomic E-state index is 0.0469. The lowest BCUT2D eigenvalue weighted by Crippen LogP contribution is -2.29. The van der Waals surface area contributed by atoms with Gasteiger partial charge in [0, 0.05) is 48.2 Å². The maximum Gasteiger partial charge on any atom is 0.220 e. The summed E-state index contributed by atoms with van der Waals surface area (Å²) in [6, 6.07) is 4.08. The van der Waals surface area contributed by atoms with Gasteiger partial charge in [0.25, 0.3) is 0 Å². The summed E-state index contributed by atoms with van der Waals surface area (Å²) in [5.41, 5.74) is 0. The summed E-state index contributed by atoms with van der Waals surface area (Å²) >= 11 is 3.29. The van der Waals surface area contributed by atoms with Gasteiger partial charge >= 0.3 is 0 Å². The lowest BCUT2D eigenvalue weighted by Gasteiger charge is -2.16. The van der Waals surface area contributed by atoms with Gasteiger partial charge in [-0.05, 0) is 17.9 Å². The maximum atomic E-state index is 12.2. The van der Waals surface area contributed by atoms with Gasteiger partial charge in [0.15, 0.2) is 0 Å². The summed E-state index contributed by atoms with van der Waals surface area (Å²) in [6.07, 6.45) is 9.31. The van der Waals surface area contributed by atoms with E-state index in [9.17, 15) is 4.79 Å². The average Bonchev–Trinajstić information content (AvgIpc) is 3.30. The Labute approximate surface area is 143 Å². The van der Waals surface area contributed by atoms with Crippen LogP contribution in [0.25, 0.3) is 0 Å². The van der Waals surface area contributed by atoms with Crippen LogP contribution in [0.15, 0.2) is 47.8 Å². The molecule has 0 fully saturated rings. The van der Waals surface area contributed by atoms with Crippen LogP contribution in [0.5, 0.6) is 0 Å². The third-order valence-electron chi connectivity index (χ3n) is 3.45. The number of thiophene rings is 1. The van der Waals surface area contributed by atoms with Gasteiger partial charge in [-0.3, -0.25) is 4.79 Å². The number of aromatic nitrogens is 3. The summed E-state index contributed by atoms with van der Waals surface area (Å²) in [5, 5.41) is 8.09. The first-order valence-electron chi connectivity index (χ1n) is 7.48. The van der Waals surface area contributed by atoms with E-state index in [1.807, 2.05) is 22.2 Å². The molecule has 1 atom stereocenters. The number of imidazole rings is 1. The minimum atomic E-state index is -0.0469. The number of amides is 1. The molecular formula is C16H18N4OS2. The highest BCUT2D eigenvalue weighted by Crippen LogP contribution is 2.23. The number of thiazole rings is 1. The normalized spacial score (nSPS) is 12.2. The molecule has 23 heavy (non-hydrogen) atoms. The minimum Gasteiger partial charge on any atom is -0.346 e. The van der Waals surface area contributed by atoms with Crippen molar-refractivity contribution < 1.29 is 4.79 Å². The molecule has 0 saturated heterocycles. The molecule has 7 heteroatoms. The molecule has 3 heterocycles. The summed E-state index contributed by atoms with van der Waals surface area (Å²) < 4.78 is 1.98. The highest BCUT2D eigenvalue weighted by atomic mass is 32.1. The topological polar surface area (TPSA) is 59.8 Å². The third kappa shape index (κ3) is 4.74. The number of carbonyl (C=O) groups excluding carboxylic acids is 1. The molecular weight excluding hydrogens is 328 g/mol. The number of rotatable bonds is 8. The standard InChI is InChI=1S/C16H18N4OS2/c21-15(4-1-7-20-8-5-17-12-20)19-14(16-18-6-10-23-16)11-13-3-2-9-22-13/h2-3,5-6,8-10,12,14H,1,4,7,11H2,(H,19,21)/t14-/m1/s1. The van der Waals surface area contributed by atoms with Crippen LogP contribution in [0.4, 0.5) is 0 Å². The zero-order valence-corrected chi connectivity index (χ0v) is 14.2. The fourth-order valence-corrected chi connectivity index (χ4v) is 3.79. The van der Waals surface area contributed by atoms with E-state index in [1.165, 1.54) is 4.88 Å². The van der Waals surface area contributed by atoms with Gasteiger partial charge in [-0.15, -0.1) is 22.7 Å². The van der Waals surface area contributed by atoms with Crippen LogP contribution in [-0.4, -0.2) is 20.4 Å². The first-order valence-corrected chi connectivity index (χ1v) is 9.24. The van der Waals surface area contributed by atoms with Gasteiger partial charge in [0.2, 0.25) is 5.91 Å². The molecule has 0 bridgehead atoms. The fraction of sp³-hybridized carbons (Fsp3) is 0.312. The first-order chi connectivity index (χ1) is 11.3. The molecule has 3 aromatic rings. The second-order valence-corrected chi connectivity index (χ2v) is 7.14. The first kappa shape index (κ1) is 15.9. The van der Waals surface area contributed by atoms with Crippen LogP contribution < -0.4 is 5.32 Å². The zero-order chi connectivity index (χ0) is 15.9. The Balaban J connectivity index is 1.53. The predicted molar refractivity (Wildman–Crippen MR) is 92.5 cm³/mol. The van der Waals surface area contributed by atoms with Gasteiger partial charge in [-0.1, -0.05) is 6.07 Å². The molecule has 0 aliphatic rings. The van der Waals surface area contributed by atoms with Crippen LogP contribution in [0.3, 0.4) is 0 Å². The molecule has 3 rings (SSSR count). The molecule has 0 aliphatic heterocycles. The van der Waals surface area contributed by atoms with Crippen molar-refractivity contribution in [2.75, 3.05) is 0 Å². The van der Waals surface area contributed by atoms with E-state index >= 15 is 0 Å². The second-order valence-electron chi connectivity index (χ2n) is 5.18. The molecule has 0 saturated carbocycles. The van der Waals surface area contributed by atoms with Crippen molar-refractivity contribution in [3.05, 3.63) is 57.7 Å². The Morgan fingerprint density at radius 2 is 2.26 bits per heavy atom. The van der Waals surface area contributed by atoms with Gasteiger partial charge < -0.3 is 9.88 Å². The molecule has 0 unspecified atom stereocenters. The number of aryl methyl sites for hydroxylation is 1. The van der Waals surface area contributed by atoms with Crippen LogP contribution >= 0.6 is 22.7 Å². The lowest BCUT2D eigenvalue weighted by molar-refractivity contribution is -0.122. The molecule has 0 spiro atoms. The van der Waals surface area contributed by atoms with Gasteiger partial charge in [0.1, 0.15) is 5.01 Å². The monoisotopic (exact) mass is 346 g/mol. The molecule has 120 valence electrons. The number of hydrogen-bond acceptors (Lipinski definition) is 5. The quantitative estimate of drug-likeness (QED) is 0.681. The molecule has 0 aliphatic carbocycles. The summed E-state index contributed by atoms with van der Waals surface area (Å²) in [6.45, 7) is 0.806. The van der Waals surface area contributed by atoms with Crippen LogP contribution in [0.2, 0.25) is 0 Å². The summed E-state index contributed by atoms with van der Waals surface area (Å²) in [4.78, 5) is 21.9. The van der Waals surface area contributed by atoms with Crippen molar-refractivity contribution in [2.24, 2.45) is 0 Å². The molecule has 1 amide bonds. The van der Waals surface area contributed by atoms with Crippen molar-refractivity contribution in [3.8, 4) is 0 Å². The van der Waals surface area contributed by atoms with Crippen LogP contribution in [-0.2, 0) is 17.8 Å². The zero-order valence-electron chi connectivity index (χ0n) is 12.6. The highest BCUT2D eigenvalue weighted by molar-refractivity contribution is 7.10. The van der Waals surface area contributed by atoms with Gasteiger partial charge in [0.05, 0.1) is 12.4 Å². The van der Waals surface area contributed by atoms with E-state index < -0.39 is 0 Å². The Hall–Kier alpha value is -1.99. The van der Waals surface area contributed by atoms with E-state index in [-0.39, 0.29) is 11.9 Å². The highest BCUT2D eigenvalue weighted by Gasteiger charge is 2.18. The van der Waals surface area contributed by atoms with Gasteiger partial charge in [-0.2, -0.15) is 0 Å². The SMILES string of the molecule is O=C(CCCn1ccnc1)N[C@H](Cc1cccs1)c1nccs1. The van der Waals surface area contributed by atoms with Crippen molar-refractivity contribution in [1.82, 2.24) is 19.9 Å². The maximum absolute atomic E-state index is 12.2. The Kier molecular flexibility index (Phi) is 5.55. The lowest BCUT2D eigenvalue weighted by atomic mass is 10.1. The molecule has 0 aromatic carbocycles.